The Morgan fingerprint density at radius 3 is 2.29 bits per heavy atom. The molecule has 12 nitrogen and oxygen atoms in total. The first-order valence-electron chi connectivity index (χ1n) is 11.6. The van der Waals surface area contributed by atoms with Crippen LogP contribution in [0.25, 0.3) is 11.8 Å². The minimum atomic E-state index is -2.53. The summed E-state index contributed by atoms with van der Waals surface area (Å²) in [6, 6.07) is 1.87. The Balaban J connectivity index is 2.79. The van der Waals surface area contributed by atoms with E-state index in [1.54, 1.807) is 6.92 Å². The number of ketones is 2. The first kappa shape index (κ1) is 30.2. The van der Waals surface area contributed by atoms with Crippen molar-refractivity contribution < 1.29 is 49.4 Å². The number of amides is 1. The van der Waals surface area contributed by atoms with Crippen molar-refractivity contribution in [2.75, 3.05) is 21.2 Å². The maximum Gasteiger partial charge on any atom is 0.330 e. The zero-order chi connectivity index (χ0) is 28.9. The minimum absolute atomic E-state index is 0.0328. The molecule has 0 aromatic heterocycles. The normalized spacial score (nSPS) is 25.6. The first-order chi connectivity index (χ1) is 17.7. The van der Waals surface area contributed by atoms with Crippen molar-refractivity contribution in [3.8, 4) is 5.75 Å². The Hall–Kier alpha value is -4.00. The van der Waals surface area contributed by atoms with Gasteiger partial charge in [0.2, 0.25) is 5.78 Å². The number of aliphatic hydroxyl groups is 4. The minimum Gasteiger partial charge on any atom is -0.510 e. The number of fused-ring (bicyclic) bond motifs is 1. The van der Waals surface area contributed by atoms with Crippen LogP contribution in [0.2, 0.25) is 0 Å². The number of nitrogens with zero attached hydrogens (tertiary/aromatic N) is 1. The fourth-order valence-electron chi connectivity index (χ4n) is 4.21. The molecule has 1 aliphatic rings. The molecule has 206 valence electrons. The maximum absolute atomic E-state index is 12.8. The van der Waals surface area contributed by atoms with Gasteiger partial charge in [0, 0.05) is 17.7 Å². The molecule has 0 heterocycles. The van der Waals surface area contributed by atoms with Crippen LogP contribution in [0.3, 0.4) is 0 Å². The molecular formula is C26H32N2O10. The smallest absolute Gasteiger partial charge is 0.330 e. The summed E-state index contributed by atoms with van der Waals surface area (Å²) in [6.07, 6.45) is -1.07. The van der Waals surface area contributed by atoms with Gasteiger partial charge in [-0.1, -0.05) is 19.1 Å². The highest BCUT2D eigenvalue weighted by molar-refractivity contribution is 6.27. The second-order valence-electron chi connectivity index (χ2n) is 9.15. The molecule has 4 atom stereocenters. The molecule has 0 saturated heterocycles. The molecule has 1 aromatic rings. The number of methoxy groups -OCH3 is 1. The second-order valence-corrected chi connectivity index (χ2v) is 9.15. The van der Waals surface area contributed by atoms with Gasteiger partial charge < -0.3 is 36.0 Å². The highest BCUT2D eigenvalue weighted by Crippen LogP contribution is 2.38. The van der Waals surface area contributed by atoms with E-state index in [1.165, 1.54) is 37.2 Å². The lowest BCUT2D eigenvalue weighted by Gasteiger charge is -2.29. The van der Waals surface area contributed by atoms with E-state index in [0.29, 0.717) is 11.6 Å². The van der Waals surface area contributed by atoms with E-state index in [4.69, 9.17) is 5.73 Å². The van der Waals surface area contributed by atoms with Crippen LogP contribution < -0.4 is 5.73 Å². The van der Waals surface area contributed by atoms with Crippen molar-refractivity contribution in [3.63, 3.8) is 0 Å². The Labute approximate surface area is 218 Å². The summed E-state index contributed by atoms with van der Waals surface area (Å²) >= 11 is 0. The van der Waals surface area contributed by atoms with Crippen LogP contribution in [0, 0.1) is 0 Å². The number of primary amides is 1. The molecule has 0 radical (unpaired) electrons. The topological polar surface area (TPSA) is 208 Å². The molecule has 38 heavy (non-hydrogen) atoms. The number of phenols is 1. The summed E-state index contributed by atoms with van der Waals surface area (Å²) in [5.74, 6) is -7.71. The molecular weight excluding hydrogens is 500 g/mol. The summed E-state index contributed by atoms with van der Waals surface area (Å²) in [7, 11) is 4.19. The lowest BCUT2D eigenvalue weighted by molar-refractivity contribution is -0.135. The van der Waals surface area contributed by atoms with Crippen molar-refractivity contribution in [1.82, 2.24) is 4.90 Å². The van der Waals surface area contributed by atoms with Crippen molar-refractivity contribution in [1.29, 1.82) is 0 Å². The zero-order valence-electron chi connectivity index (χ0n) is 21.4. The van der Waals surface area contributed by atoms with Gasteiger partial charge in [-0.2, -0.15) is 0 Å². The van der Waals surface area contributed by atoms with Gasteiger partial charge in [0.25, 0.3) is 5.91 Å². The first-order valence-corrected chi connectivity index (χ1v) is 11.6. The highest BCUT2D eigenvalue weighted by atomic mass is 16.5. The number of likely N-dealkylation sites (N-methyl/N-ethyl adjacent to an activating group) is 1. The van der Waals surface area contributed by atoms with Crippen LogP contribution in [-0.2, 0) is 23.9 Å². The van der Waals surface area contributed by atoms with Gasteiger partial charge in [0.1, 0.15) is 22.8 Å². The molecule has 2 rings (SSSR count). The maximum atomic E-state index is 12.8. The third-order valence-corrected chi connectivity index (χ3v) is 6.23. The van der Waals surface area contributed by atoms with Crippen LogP contribution in [0.4, 0.5) is 0 Å². The summed E-state index contributed by atoms with van der Waals surface area (Å²) in [5.41, 5.74) is 4.40. The Morgan fingerprint density at radius 1 is 1.11 bits per heavy atom. The molecule has 0 aliphatic heterocycles. The number of hydrogen-bond donors (Lipinski definition) is 6. The fraction of sp³-hybridized carbons (Fsp3) is 0.385. The largest absolute Gasteiger partial charge is 0.510 e. The number of ether oxygens (including phenoxy) is 1. The van der Waals surface area contributed by atoms with Crippen molar-refractivity contribution in [3.05, 3.63) is 52.3 Å². The van der Waals surface area contributed by atoms with E-state index in [1.807, 2.05) is 0 Å². The molecule has 1 amide bonds. The quantitative estimate of drug-likeness (QED) is 0.136. The van der Waals surface area contributed by atoms with Crippen LogP contribution in [0.1, 0.15) is 42.4 Å². The molecule has 0 spiro atoms. The van der Waals surface area contributed by atoms with Gasteiger partial charge in [-0.15, -0.1) is 0 Å². The third kappa shape index (κ3) is 6.65. The number of nitrogens with two attached hydrogens (primary N) is 1. The number of rotatable bonds is 4. The summed E-state index contributed by atoms with van der Waals surface area (Å²) in [5, 5.41) is 53.7. The third-order valence-electron chi connectivity index (χ3n) is 6.23. The van der Waals surface area contributed by atoms with Crippen LogP contribution in [-0.4, -0.2) is 93.3 Å². The van der Waals surface area contributed by atoms with Gasteiger partial charge in [0.15, 0.2) is 11.9 Å². The Morgan fingerprint density at radius 2 is 1.74 bits per heavy atom. The van der Waals surface area contributed by atoms with Crippen LogP contribution >= 0.6 is 0 Å². The number of phenolic OH excluding ortho intramolecular Hbond substituents is 1. The monoisotopic (exact) mass is 532 g/mol. The second kappa shape index (κ2) is 12.5. The number of aliphatic hydroxyl groups excluding tert-OH is 4. The molecule has 0 unspecified atom stereocenters. The van der Waals surface area contributed by atoms with Gasteiger partial charge in [-0.3, -0.25) is 19.3 Å². The molecule has 1 aromatic carbocycles. The number of benzene rings is 1. The Bertz CT molecular complexity index is 1210. The molecule has 12 heteroatoms. The van der Waals surface area contributed by atoms with Crippen molar-refractivity contribution in [2.45, 2.75) is 43.9 Å². The average Bonchev–Trinajstić information content (AvgIpc) is 2.84. The predicted molar refractivity (Wildman–Crippen MR) is 136 cm³/mol. The van der Waals surface area contributed by atoms with Gasteiger partial charge in [-0.05, 0) is 44.5 Å². The molecule has 7 N–H and O–H groups in total. The SMILES string of the molecule is COC(=O)/C=C/c1ccc2c(c1O)C(O)=CC(=O)[C@H](O)C(=O)/C(C(N)=O)=C(/O)[C@@H](N(C)C)C[C@@H](O)C[C@H]2C. The van der Waals surface area contributed by atoms with E-state index < -0.39 is 70.5 Å². The molecule has 1 aliphatic carbocycles. The van der Waals surface area contributed by atoms with E-state index in [-0.39, 0.29) is 24.0 Å². The fourth-order valence-corrected chi connectivity index (χ4v) is 4.21. The summed E-state index contributed by atoms with van der Waals surface area (Å²) in [6.45, 7) is 1.68. The highest BCUT2D eigenvalue weighted by Gasteiger charge is 2.36. The van der Waals surface area contributed by atoms with Gasteiger partial charge in [-0.25, -0.2) is 4.79 Å². The summed E-state index contributed by atoms with van der Waals surface area (Å²) in [4.78, 5) is 50.5. The zero-order valence-corrected chi connectivity index (χ0v) is 21.4. The number of esters is 1. The number of carbonyl (C=O) groups is 4. The molecule has 0 bridgehead atoms. The number of hydrogen-bond acceptors (Lipinski definition) is 11. The number of aromatic hydroxyl groups is 1. The number of Topliss-reactive ketones (excluding diaryl/α,β-unsaturated/α-hetero) is 1. The van der Waals surface area contributed by atoms with E-state index in [9.17, 15) is 44.7 Å². The standard InChI is InChI=1S/C26H32N2O10/c1-12-9-14(29)10-16(28(2)3)23(34)21(26(27)37)25(36)24(35)18(31)11-17(30)20-15(12)7-5-13(22(20)33)6-8-19(32)38-4/h5-8,11-12,14,16,24,29-30,33-35H,9-10H2,1-4H3,(H2,27,37)/b8-6+,17-11?,23-21-/t12-,14+,16+,24+/m1/s1. The Kier molecular flexibility index (Phi) is 9.94. The molecule has 0 saturated carbocycles. The summed E-state index contributed by atoms with van der Waals surface area (Å²) < 4.78 is 4.53. The van der Waals surface area contributed by atoms with Gasteiger partial charge in [0.05, 0.1) is 24.8 Å². The molecule has 0 fully saturated rings. The van der Waals surface area contributed by atoms with E-state index >= 15 is 0 Å². The lowest BCUT2D eigenvalue weighted by atomic mass is 9.85. The van der Waals surface area contributed by atoms with Crippen molar-refractivity contribution >= 4 is 35.3 Å². The number of carbonyl (C=O) groups excluding carboxylic acids is 4. The lowest BCUT2D eigenvalue weighted by Crippen LogP contribution is -2.40. The van der Waals surface area contributed by atoms with E-state index in [2.05, 4.69) is 4.74 Å². The van der Waals surface area contributed by atoms with Crippen LogP contribution in [0.5, 0.6) is 5.75 Å². The van der Waals surface area contributed by atoms with Crippen LogP contribution in [0.15, 0.2) is 35.6 Å². The van der Waals surface area contributed by atoms with Gasteiger partial charge >= 0.3 is 5.97 Å². The van der Waals surface area contributed by atoms with Crippen molar-refractivity contribution in [2.24, 2.45) is 5.73 Å². The van der Waals surface area contributed by atoms with E-state index in [0.717, 1.165) is 13.2 Å². The predicted octanol–water partition coefficient (Wildman–Crippen LogP) is 0.462. The average molecular weight is 533 g/mol.